The molecule has 3 heterocycles. The van der Waals surface area contributed by atoms with Crippen LogP contribution in [0.25, 0.3) is 0 Å². The number of nitrogens with zero attached hydrogens (tertiary/aromatic N) is 4. The number of methoxy groups -OCH3 is 1. The molecule has 0 radical (unpaired) electrons. The van der Waals surface area contributed by atoms with Crippen molar-refractivity contribution in [3.63, 3.8) is 0 Å². The van der Waals surface area contributed by atoms with E-state index in [1.54, 1.807) is 19.5 Å². The molecule has 1 atom stereocenters. The van der Waals surface area contributed by atoms with E-state index in [1.807, 2.05) is 42.2 Å². The van der Waals surface area contributed by atoms with Crippen LogP contribution in [0.2, 0.25) is 0 Å². The van der Waals surface area contributed by atoms with Gasteiger partial charge in [-0.1, -0.05) is 6.07 Å². The molecule has 148 valence electrons. The van der Waals surface area contributed by atoms with E-state index >= 15 is 0 Å². The van der Waals surface area contributed by atoms with Crippen LogP contribution in [0.1, 0.15) is 34.2 Å². The average Bonchev–Trinajstić information content (AvgIpc) is 3.24. The van der Waals surface area contributed by atoms with Gasteiger partial charge in [-0.05, 0) is 37.6 Å². The topological polar surface area (TPSA) is 80.2 Å². The van der Waals surface area contributed by atoms with Gasteiger partial charge in [-0.2, -0.15) is 0 Å². The molecule has 0 unspecified atom stereocenters. The smallest absolute Gasteiger partial charge is 0.274 e. The molecule has 7 nitrogen and oxygen atoms in total. The minimum absolute atomic E-state index is 0.0806. The standard InChI is InChI=1S/C22H23N5O2/c1-15-10-18(26-17-4-3-5-19(11-17)29-2)12-20(25-15)16-6-9-27(14-16)22(28)21-13-23-7-8-24-21/h3-5,7-8,10-13,16H,6,9,14H2,1-2H3,(H,25,26)/t16-/m0/s1. The maximum Gasteiger partial charge on any atom is 0.274 e. The Hall–Kier alpha value is -3.48. The lowest BCUT2D eigenvalue weighted by atomic mass is 10.0. The molecule has 1 amide bonds. The number of hydrogen-bond acceptors (Lipinski definition) is 6. The predicted molar refractivity (Wildman–Crippen MR) is 111 cm³/mol. The quantitative estimate of drug-likeness (QED) is 0.719. The maximum absolute atomic E-state index is 12.6. The fourth-order valence-corrected chi connectivity index (χ4v) is 3.60. The number of benzene rings is 1. The summed E-state index contributed by atoms with van der Waals surface area (Å²) in [5.41, 5.74) is 4.23. The first-order valence-electron chi connectivity index (χ1n) is 9.57. The number of anilines is 2. The van der Waals surface area contributed by atoms with Gasteiger partial charge in [0.2, 0.25) is 0 Å². The zero-order chi connectivity index (χ0) is 20.2. The molecular formula is C22H23N5O2. The lowest BCUT2D eigenvalue weighted by molar-refractivity contribution is 0.0784. The SMILES string of the molecule is COc1cccc(Nc2cc(C)nc([C@H]3CCN(C(=O)c4cnccn4)C3)c2)c1. The lowest BCUT2D eigenvalue weighted by Gasteiger charge is -2.17. The Morgan fingerprint density at radius 3 is 2.90 bits per heavy atom. The summed E-state index contributed by atoms with van der Waals surface area (Å²) >= 11 is 0. The van der Waals surface area contributed by atoms with E-state index in [1.165, 1.54) is 6.20 Å². The largest absolute Gasteiger partial charge is 0.497 e. The first-order chi connectivity index (χ1) is 14.1. The van der Waals surface area contributed by atoms with Crippen LogP contribution < -0.4 is 10.1 Å². The first-order valence-corrected chi connectivity index (χ1v) is 9.57. The van der Waals surface area contributed by atoms with Crippen molar-refractivity contribution in [2.24, 2.45) is 0 Å². The molecular weight excluding hydrogens is 366 g/mol. The van der Waals surface area contributed by atoms with Gasteiger partial charge >= 0.3 is 0 Å². The number of hydrogen-bond donors (Lipinski definition) is 1. The van der Waals surface area contributed by atoms with Crippen molar-refractivity contribution >= 4 is 17.3 Å². The Bertz CT molecular complexity index is 1010. The highest BCUT2D eigenvalue weighted by molar-refractivity contribution is 5.92. The second kappa shape index (κ2) is 8.26. The van der Waals surface area contributed by atoms with E-state index in [0.717, 1.165) is 34.9 Å². The van der Waals surface area contributed by atoms with Gasteiger partial charge in [0.05, 0.1) is 13.3 Å². The van der Waals surface area contributed by atoms with Crippen molar-refractivity contribution < 1.29 is 9.53 Å². The van der Waals surface area contributed by atoms with Crippen LogP contribution >= 0.6 is 0 Å². The van der Waals surface area contributed by atoms with E-state index in [9.17, 15) is 4.79 Å². The number of nitrogens with one attached hydrogen (secondary N) is 1. The molecule has 0 spiro atoms. The Morgan fingerprint density at radius 1 is 1.21 bits per heavy atom. The summed E-state index contributed by atoms with van der Waals surface area (Å²) in [6, 6.07) is 11.9. The van der Waals surface area contributed by atoms with Crippen molar-refractivity contribution in [1.29, 1.82) is 0 Å². The predicted octanol–water partition coefficient (Wildman–Crippen LogP) is 3.56. The molecule has 29 heavy (non-hydrogen) atoms. The molecule has 7 heteroatoms. The summed E-state index contributed by atoms with van der Waals surface area (Å²) < 4.78 is 5.29. The highest BCUT2D eigenvalue weighted by Gasteiger charge is 2.29. The third-order valence-electron chi connectivity index (χ3n) is 5.01. The summed E-state index contributed by atoms with van der Waals surface area (Å²) in [4.78, 5) is 27.3. The zero-order valence-electron chi connectivity index (χ0n) is 16.5. The lowest BCUT2D eigenvalue weighted by Crippen LogP contribution is -2.29. The summed E-state index contributed by atoms with van der Waals surface area (Å²) in [6.45, 7) is 3.30. The number of amides is 1. The Morgan fingerprint density at radius 2 is 2.10 bits per heavy atom. The summed E-state index contributed by atoms with van der Waals surface area (Å²) in [5, 5.41) is 3.42. The molecule has 2 aromatic heterocycles. The minimum atomic E-state index is -0.0806. The molecule has 1 saturated heterocycles. The van der Waals surface area contributed by atoms with Gasteiger partial charge in [0.1, 0.15) is 11.4 Å². The number of aromatic nitrogens is 3. The fourth-order valence-electron chi connectivity index (χ4n) is 3.60. The van der Waals surface area contributed by atoms with Gasteiger partial charge in [-0.15, -0.1) is 0 Å². The number of pyridine rings is 1. The van der Waals surface area contributed by atoms with Crippen molar-refractivity contribution in [2.45, 2.75) is 19.3 Å². The number of rotatable bonds is 5. The van der Waals surface area contributed by atoms with E-state index in [0.29, 0.717) is 18.8 Å². The van der Waals surface area contributed by atoms with Crippen LogP contribution in [-0.2, 0) is 0 Å². The second-order valence-corrected chi connectivity index (χ2v) is 7.11. The fraction of sp³-hybridized carbons (Fsp3) is 0.273. The highest BCUT2D eigenvalue weighted by Crippen LogP contribution is 2.30. The molecule has 1 aliphatic rings. The number of likely N-dealkylation sites (tertiary alicyclic amines) is 1. The van der Waals surface area contributed by atoms with Gasteiger partial charge in [0, 0.05) is 60.2 Å². The van der Waals surface area contributed by atoms with Crippen LogP contribution in [0, 0.1) is 6.92 Å². The Kier molecular flexibility index (Phi) is 5.37. The summed E-state index contributed by atoms with van der Waals surface area (Å²) in [7, 11) is 1.65. The Labute approximate surface area is 169 Å². The highest BCUT2D eigenvalue weighted by atomic mass is 16.5. The van der Waals surface area contributed by atoms with Crippen LogP contribution in [0.5, 0.6) is 5.75 Å². The molecule has 1 fully saturated rings. The van der Waals surface area contributed by atoms with E-state index in [2.05, 4.69) is 21.4 Å². The zero-order valence-corrected chi connectivity index (χ0v) is 16.5. The van der Waals surface area contributed by atoms with Gasteiger partial charge in [-0.3, -0.25) is 14.8 Å². The number of carbonyl (C=O) groups is 1. The molecule has 0 bridgehead atoms. The second-order valence-electron chi connectivity index (χ2n) is 7.11. The molecule has 4 rings (SSSR count). The average molecular weight is 389 g/mol. The number of aryl methyl sites for hydroxylation is 1. The van der Waals surface area contributed by atoms with Crippen molar-refractivity contribution in [2.75, 3.05) is 25.5 Å². The molecule has 1 N–H and O–H groups in total. The minimum Gasteiger partial charge on any atom is -0.497 e. The normalized spacial score (nSPS) is 15.9. The first kappa shape index (κ1) is 18.9. The van der Waals surface area contributed by atoms with Crippen LogP contribution in [0.3, 0.4) is 0 Å². The van der Waals surface area contributed by atoms with Crippen molar-refractivity contribution in [1.82, 2.24) is 19.9 Å². The molecule has 1 aromatic carbocycles. The van der Waals surface area contributed by atoms with E-state index in [4.69, 9.17) is 9.72 Å². The summed E-state index contributed by atoms with van der Waals surface area (Å²) in [6.07, 6.45) is 5.49. The number of carbonyl (C=O) groups excluding carboxylic acids is 1. The van der Waals surface area contributed by atoms with Crippen LogP contribution in [0.15, 0.2) is 55.0 Å². The Balaban J connectivity index is 1.50. The monoisotopic (exact) mass is 389 g/mol. The van der Waals surface area contributed by atoms with E-state index < -0.39 is 0 Å². The molecule has 3 aromatic rings. The van der Waals surface area contributed by atoms with Crippen LogP contribution in [0.4, 0.5) is 11.4 Å². The van der Waals surface area contributed by atoms with Gasteiger partial charge in [-0.25, -0.2) is 4.98 Å². The van der Waals surface area contributed by atoms with Gasteiger partial charge < -0.3 is 15.0 Å². The van der Waals surface area contributed by atoms with Gasteiger partial charge in [0.15, 0.2) is 0 Å². The third kappa shape index (κ3) is 4.34. The molecule has 0 saturated carbocycles. The van der Waals surface area contributed by atoms with Gasteiger partial charge in [0.25, 0.3) is 5.91 Å². The van der Waals surface area contributed by atoms with Crippen LogP contribution in [-0.4, -0.2) is 46.0 Å². The molecule has 0 aliphatic carbocycles. The summed E-state index contributed by atoms with van der Waals surface area (Å²) in [5.74, 6) is 0.916. The van der Waals surface area contributed by atoms with Crippen molar-refractivity contribution in [3.8, 4) is 5.75 Å². The maximum atomic E-state index is 12.6. The van der Waals surface area contributed by atoms with E-state index in [-0.39, 0.29) is 11.8 Å². The third-order valence-corrected chi connectivity index (χ3v) is 5.01. The van der Waals surface area contributed by atoms with Crippen molar-refractivity contribution in [3.05, 3.63) is 72.1 Å². The number of ether oxygens (including phenoxy) is 1. The molecule has 1 aliphatic heterocycles.